The van der Waals surface area contributed by atoms with Crippen LogP contribution in [0.25, 0.3) is 5.69 Å². The summed E-state index contributed by atoms with van der Waals surface area (Å²) >= 11 is 1.37. The van der Waals surface area contributed by atoms with E-state index in [9.17, 15) is 4.79 Å². The molecule has 0 unspecified atom stereocenters. The number of nitrogens with one attached hydrogen (secondary N) is 1. The number of anilines is 1. The molecule has 0 spiro atoms. The molecule has 7 nitrogen and oxygen atoms in total. The van der Waals surface area contributed by atoms with Crippen LogP contribution in [0.1, 0.15) is 17.1 Å². The highest BCUT2D eigenvalue weighted by Gasteiger charge is 2.14. The van der Waals surface area contributed by atoms with Crippen LogP contribution in [0.3, 0.4) is 0 Å². The first-order valence-electron chi connectivity index (χ1n) is 9.58. The second kappa shape index (κ2) is 8.96. The van der Waals surface area contributed by atoms with Gasteiger partial charge in [-0.25, -0.2) is 4.68 Å². The van der Waals surface area contributed by atoms with Crippen LogP contribution >= 0.6 is 11.8 Å². The summed E-state index contributed by atoms with van der Waals surface area (Å²) in [7, 11) is 0. The second-order valence-corrected chi connectivity index (χ2v) is 7.80. The first kappa shape index (κ1) is 19.9. The molecule has 1 amide bonds. The standard InChI is InChI=1S/C22H22N6OS/c1-16-13-20(28(26-16)19-11-7-4-8-12-19)23-21(29)15-30-22-25-24-17(2)27(22)14-18-9-5-3-6-10-18/h3-13H,14-15H2,1-2H3,(H,23,29). The van der Waals surface area contributed by atoms with E-state index in [1.165, 1.54) is 11.8 Å². The molecule has 30 heavy (non-hydrogen) atoms. The first-order chi connectivity index (χ1) is 14.6. The topological polar surface area (TPSA) is 77.6 Å². The molecule has 0 aliphatic rings. The van der Waals surface area contributed by atoms with Gasteiger partial charge in [-0.15, -0.1) is 10.2 Å². The Morgan fingerprint density at radius 2 is 1.70 bits per heavy atom. The van der Waals surface area contributed by atoms with Gasteiger partial charge in [-0.2, -0.15) is 5.10 Å². The van der Waals surface area contributed by atoms with Crippen molar-refractivity contribution in [3.05, 3.63) is 83.8 Å². The quantitative estimate of drug-likeness (QED) is 0.461. The third-order valence-corrected chi connectivity index (χ3v) is 5.48. The van der Waals surface area contributed by atoms with Crippen LogP contribution in [-0.2, 0) is 11.3 Å². The lowest BCUT2D eigenvalue weighted by Crippen LogP contribution is -2.17. The zero-order valence-electron chi connectivity index (χ0n) is 16.8. The lowest BCUT2D eigenvalue weighted by atomic mass is 10.2. The van der Waals surface area contributed by atoms with Crippen LogP contribution in [0.15, 0.2) is 71.9 Å². The lowest BCUT2D eigenvalue weighted by molar-refractivity contribution is -0.113. The summed E-state index contributed by atoms with van der Waals surface area (Å²) in [6, 6.07) is 21.7. The van der Waals surface area contributed by atoms with Gasteiger partial charge < -0.3 is 9.88 Å². The minimum absolute atomic E-state index is 0.121. The van der Waals surface area contributed by atoms with Crippen molar-refractivity contribution in [3.8, 4) is 5.69 Å². The highest BCUT2D eigenvalue weighted by Crippen LogP contribution is 2.20. The Kier molecular flexibility index (Phi) is 5.94. The average molecular weight is 419 g/mol. The predicted octanol–water partition coefficient (Wildman–Crippen LogP) is 3.86. The van der Waals surface area contributed by atoms with E-state index in [0.29, 0.717) is 12.4 Å². The van der Waals surface area contributed by atoms with Crippen molar-refractivity contribution in [2.75, 3.05) is 11.1 Å². The number of thioether (sulfide) groups is 1. The summed E-state index contributed by atoms with van der Waals surface area (Å²) in [5.41, 5.74) is 2.89. The third-order valence-electron chi connectivity index (χ3n) is 4.52. The van der Waals surface area contributed by atoms with Crippen molar-refractivity contribution in [2.45, 2.75) is 25.5 Å². The molecular formula is C22H22N6OS. The predicted molar refractivity (Wildman–Crippen MR) is 118 cm³/mol. The molecule has 0 fully saturated rings. The average Bonchev–Trinajstić information content (AvgIpc) is 3.30. The van der Waals surface area contributed by atoms with Gasteiger partial charge in [0.05, 0.1) is 23.7 Å². The molecule has 0 aliphatic heterocycles. The minimum Gasteiger partial charge on any atom is -0.310 e. The van der Waals surface area contributed by atoms with Crippen molar-refractivity contribution in [3.63, 3.8) is 0 Å². The van der Waals surface area contributed by atoms with E-state index in [4.69, 9.17) is 0 Å². The van der Waals surface area contributed by atoms with E-state index < -0.39 is 0 Å². The SMILES string of the molecule is Cc1cc(NC(=O)CSc2nnc(C)n2Cc2ccccc2)n(-c2ccccc2)n1. The third kappa shape index (κ3) is 4.60. The van der Waals surface area contributed by atoms with E-state index in [-0.39, 0.29) is 11.7 Å². The number of aromatic nitrogens is 5. The van der Waals surface area contributed by atoms with Crippen LogP contribution in [0, 0.1) is 13.8 Å². The molecule has 1 N–H and O–H groups in total. The largest absolute Gasteiger partial charge is 0.310 e. The fourth-order valence-electron chi connectivity index (χ4n) is 3.08. The summed E-state index contributed by atoms with van der Waals surface area (Å²) in [5, 5.41) is 16.6. The van der Waals surface area contributed by atoms with Crippen LogP contribution in [0.5, 0.6) is 0 Å². The summed E-state index contributed by atoms with van der Waals surface area (Å²) in [6.07, 6.45) is 0. The molecule has 2 aromatic heterocycles. The summed E-state index contributed by atoms with van der Waals surface area (Å²) in [4.78, 5) is 12.6. The van der Waals surface area contributed by atoms with E-state index in [0.717, 1.165) is 27.9 Å². The van der Waals surface area contributed by atoms with E-state index in [1.54, 1.807) is 4.68 Å². The van der Waals surface area contributed by atoms with Gasteiger partial charge >= 0.3 is 0 Å². The van der Waals surface area contributed by atoms with Gasteiger partial charge in [-0.3, -0.25) is 4.79 Å². The highest BCUT2D eigenvalue weighted by atomic mass is 32.2. The summed E-state index contributed by atoms with van der Waals surface area (Å²) < 4.78 is 3.76. The highest BCUT2D eigenvalue weighted by molar-refractivity contribution is 7.99. The van der Waals surface area contributed by atoms with E-state index in [1.807, 2.05) is 73.0 Å². The van der Waals surface area contributed by atoms with Crippen molar-refractivity contribution < 1.29 is 4.79 Å². The zero-order chi connectivity index (χ0) is 20.9. The van der Waals surface area contributed by atoms with Gasteiger partial charge in [0.2, 0.25) is 5.91 Å². The van der Waals surface area contributed by atoms with Crippen molar-refractivity contribution in [1.29, 1.82) is 0 Å². The Bertz CT molecular complexity index is 1140. The Morgan fingerprint density at radius 3 is 2.43 bits per heavy atom. The van der Waals surface area contributed by atoms with E-state index in [2.05, 4.69) is 32.7 Å². The van der Waals surface area contributed by atoms with Crippen molar-refractivity contribution in [1.82, 2.24) is 24.5 Å². The molecule has 0 aliphatic carbocycles. The molecule has 0 atom stereocenters. The van der Waals surface area contributed by atoms with Gasteiger partial charge in [-0.05, 0) is 31.5 Å². The maximum Gasteiger partial charge on any atom is 0.236 e. The lowest BCUT2D eigenvalue weighted by Gasteiger charge is -2.10. The zero-order valence-corrected chi connectivity index (χ0v) is 17.6. The van der Waals surface area contributed by atoms with Crippen LogP contribution < -0.4 is 5.32 Å². The normalized spacial score (nSPS) is 10.9. The van der Waals surface area contributed by atoms with Gasteiger partial charge in [0.15, 0.2) is 5.16 Å². The second-order valence-electron chi connectivity index (χ2n) is 6.86. The Balaban J connectivity index is 1.43. The number of amides is 1. The van der Waals surface area contributed by atoms with Gasteiger partial charge in [0.25, 0.3) is 0 Å². The van der Waals surface area contributed by atoms with Crippen LogP contribution in [-0.4, -0.2) is 36.2 Å². The number of rotatable bonds is 7. The summed E-state index contributed by atoms with van der Waals surface area (Å²) in [5.74, 6) is 1.57. The molecule has 8 heteroatoms. The molecule has 4 aromatic rings. The Hall–Kier alpha value is -3.39. The molecular weight excluding hydrogens is 396 g/mol. The molecule has 2 heterocycles. The smallest absolute Gasteiger partial charge is 0.236 e. The minimum atomic E-state index is -0.121. The van der Waals surface area contributed by atoms with Gasteiger partial charge in [0.1, 0.15) is 11.6 Å². The molecule has 0 radical (unpaired) electrons. The first-order valence-corrected chi connectivity index (χ1v) is 10.6. The molecule has 0 bridgehead atoms. The van der Waals surface area contributed by atoms with Crippen molar-refractivity contribution in [2.24, 2.45) is 0 Å². The van der Waals surface area contributed by atoms with Gasteiger partial charge in [-0.1, -0.05) is 60.3 Å². The monoisotopic (exact) mass is 418 g/mol. The molecule has 0 saturated heterocycles. The fourth-order valence-corrected chi connectivity index (χ4v) is 3.86. The van der Waals surface area contributed by atoms with Gasteiger partial charge in [0, 0.05) is 6.07 Å². The van der Waals surface area contributed by atoms with E-state index >= 15 is 0 Å². The molecule has 0 saturated carbocycles. The maximum absolute atomic E-state index is 12.6. The number of benzene rings is 2. The maximum atomic E-state index is 12.6. The number of hydrogen-bond donors (Lipinski definition) is 1. The Labute approximate surface area is 179 Å². The van der Waals surface area contributed by atoms with Crippen molar-refractivity contribution >= 4 is 23.5 Å². The fraction of sp³-hybridized carbons (Fsp3) is 0.182. The summed E-state index contributed by atoms with van der Waals surface area (Å²) in [6.45, 7) is 4.49. The number of para-hydroxylation sites is 1. The number of nitrogens with zero attached hydrogens (tertiary/aromatic N) is 5. The Morgan fingerprint density at radius 1 is 1.00 bits per heavy atom. The number of carbonyl (C=O) groups is 1. The number of carbonyl (C=O) groups excluding carboxylic acids is 1. The molecule has 152 valence electrons. The van der Waals surface area contributed by atoms with Crippen LogP contribution in [0.2, 0.25) is 0 Å². The molecule has 2 aromatic carbocycles. The number of aryl methyl sites for hydroxylation is 2. The number of hydrogen-bond acceptors (Lipinski definition) is 5. The molecule has 4 rings (SSSR count). The van der Waals surface area contributed by atoms with Crippen LogP contribution in [0.4, 0.5) is 5.82 Å².